The maximum Gasteiger partial charge on any atom is 0.254 e. The van der Waals surface area contributed by atoms with Crippen LogP contribution in [0.4, 0.5) is 10.2 Å². The lowest BCUT2D eigenvalue weighted by Crippen LogP contribution is -2.34. The van der Waals surface area contributed by atoms with Gasteiger partial charge in [0.15, 0.2) is 0 Å². The van der Waals surface area contributed by atoms with Crippen molar-refractivity contribution < 1.29 is 9.18 Å². The van der Waals surface area contributed by atoms with E-state index in [-0.39, 0.29) is 18.1 Å². The Morgan fingerprint density at radius 2 is 2.00 bits per heavy atom. The number of aromatic nitrogens is 4. The van der Waals surface area contributed by atoms with Gasteiger partial charge in [0.2, 0.25) is 0 Å². The molecule has 0 fully saturated rings. The largest absolute Gasteiger partial charge is 0.383 e. The quantitative estimate of drug-likeness (QED) is 0.406. The van der Waals surface area contributed by atoms with Gasteiger partial charge in [-0.1, -0.05) is 0 Å². The van der Waals surface area contributed by atoms with Crippen LogP contribution in [-0.2, 0) is 19.4 Å². The fraction of sp³-hybridized carbons (Fsp3) is 0.240. The lowest BCUT2D eigenvalue weighted by Gasteiger charge is -2.29. The number of carbonyl (C=O) groups excluding carboxylic acids is 1. The van der Waals surface area contributed by atoms with Crippen molar-refractivity contribution in [1.82, 2.24) is 25.1 Å². The summed E-state index contributed by atoms with van der Waals surface area (Å²) >= 11 is 3.28. The first-order chi connectivity index (χ1) is 16.4. The van der Waals surface area contributed by atoms with Gasteiger partial charge in [0.25, 0.3) is 5.91 Å². The zero-order valence-electron chi connectivity index (χ0n) is 18.5. The molecule has 1 aliphatic rings. The third-order valence-electron chi connectivity index (χ3n) is 6.27. The van der Waals surface area contributed by atoms with Crippen LogP contribution in [0, 0.1) is 5.82 Å². The summed E-state index contributed by atoms with van der Waals surface area (Å²) in [5, 5.41) is 9.13. The highest BCUT2D eigenvalue weighted by molar-refractivity contribution is 9.10. The van der Waals surface area contributed by atoms with Gasteiger partial charge >= 0.3 is 0 Å². The van der Waals surface area contributed by atoms with Gasteiger partial charge in [-0.25, -0.2) is 9.37 Å². The van der Waals surface area contributed by atoms with E-state index in [0.717, 1.165) is 41.3 Å². The molecule has 34 heavy (non-hydrogen) atoms. The maximum atomic E-state index is 14.6. The molecule has 0 unspecified atom stereocenters. The summed E-state index contributed by atoms with van der Waals surface area (Å²) in [6, 6.07) is 11.2. The third kappa shape index (κ3) is 4.11. The number of rotatable bonds is 5. The summed E-state index contributed by atoms with van der Waals surface area (Å²) in [7, 11) is 0. The Hall–Kier alpha value is -3.46. The van der Waals surface area contributed by atoms with Crippen molar-refractivity contribution in [3.05, 3.63) is 87.2 Å². The molecule has 0 saturated heterocycles. The van der Waals surface area contributed by atoms with Crippen LogP contribution in [0.15, 0.2) is 53.3 Å². The van der Waals surface area contributed by atoms with Gasteiger partial charge < -0.3 is 10.6 Å². The maximum absolute atomic E-state index is 14.6. The van der Waals surface area contributed by atoms with Crippen molar-refractivity contribution in [2.75, 3.05) is 5.73 Å². The average molecular weight is 521 g/mol. The molecule has 172 valence electrons. The fourth-order valence-electron chi connectivity index (χ4n) is 4.53. The molecule has 0 spiro atoms. The minimum Gasteiger partial charge on any atom is -0.383 e. The molecule has 7 nitrogen and oxygen atoms in total. The van der Waals surface area contributed by atoms with Crippen LogP contribution >= 0.6 is 15.9 Å². The van der Waals surface area contributed by atoms with Crippen LogP contribution in [0.1, 0.15) is 52.3 Å². The monoisotopic (exact) mass is 520 g/mol. The highest BCUT2D eigenvalue weighted by Gasteiger charge is 2.27. The summed E-state index contributed by atoms with van der Waals surface area (Å²) in [4.78, 5) is 24.1. The molecule has 0 aliphatic heterocycles. The number of benzene rings is 1. The SMILES string of the molecule is C[C@H](c1ncccc1F)N(Cc1ccc(Br)nn1)C(=O)c1ccc2nc(N)c3c(c2c1)CCC3. The topological polar surface area (TPSA) is 97.9 Å². The van der Waals surface area contributed by atoms with Crippen LogP contribution in [-0.4, -0.2) is 31.0 Å². The van der Waals surface area contributed by atoms with E-state index in [1.54, 1.807) is 30.0 Å². The van der Waals surface area contributed by atoms with Gasteiger partial charge in [-0.15, -0.1) is 5.10 Å². The number of aryl methyl sites for hydroxylation is 1. The van der Waals surface area contributed by atoms with Crippen molar-refractivity contribution in [2.45, 2.75) is 38.8 Å². The number of anilines is 1. The molecule has 4 aromatic rings. The number of nitrogens with zero attached hydrogens (tertiary/aromatic N) is 5. The standard InChI is InChI=1S/C25H22BrFN6O/c1-14(23-20(27)6-3-11-29-23)33(13-16-8-10-22(26)32-31-16)25(34)15-7-9-21-19(12-15)17-4-2-5-18(17)24(28)30-21/h3,6-12,14H,2,4-5,13H2,1H3,(H2,28,30)/t14-/m1/s1. The van der Waals surface area contributed by atoms with Crippen molar-refractivity contribution in [3.63, 3.8) is 0 Å². The van der Waals surface area contributed by atoms with Crippen LogP contribution in [0.5, 0.6) is 0 Å². The van der Waals surface area contributed by atoms with E-state index in [2.05, 4.69) is 36.1 Å². The molecule has 3 heterocycles. The van der Waals surface area contributed by atoms with E-state index < -0.39 is 11.9 Å². The van der Waals surface area contributed by atoms with Crippen LogP contribution < -0.4 is 5.73 Å². The summed E-state index contributed by atoms with van der Waals surface area (Å²) in [6.45, 7) is 1.91. The van der Waals surface area contributed by atoms with E-state index in [1.807, 2.05) is 12.1 Å². The minimum absolute atomic E-state index is 0.145. The number of fused-ring (bicyclic) bond motifs is 3. The Kier molecular flexibility index (Phi) is 5.95. The predicted octanol–water partition coefficient (Wildman–Crippen LogP) is 4.80. The molecule has 9 heteroatoms. The normalized spacial score (nSPS) is 13.6. The number of nitrogen functional groups attached to an aromatic ring is 1. The minimum atomic E-state index is -0.634. The molecule has 0 bridgehead atoms. The zero-order valence-corrected chi connectivity index (χ0v) is 20.1. The molecule has 1 aliphatic carbocycles. The van der Waals surface area contributed by atoms with E-state index in [1.165, 1.54) is 18.3 Å². The van der Waals surface area contributed by atoms with Gasteiger partial charge in [0, 0.05) is 17.1 Å². The molecule has 2 N–H and O–H groups in total. The van der Waals surface area contributed by atoms with Gasteiger partial charge in [0.1, 0.15) is 16.2 Å². The number of pyridine rings is 2. The Morgan fingerprint density at radius 3 is 2.76 bits per heavy atom. The Bertz CT molecular complexity index is 1390. The lowest BCUT2D eigenvalue weighted by molar-refractivity contribution is 0.0664. The van der Waals surface area contributed by atoms with Gasteiger partial charge in [0.05, 0.1) is 29.5 Å². The molecule has 5 rings (SSSR count). The summed E-state index contributed by atoms with van der Waals surface area (Å²) < 4.78 is 15.2. The number of amides is 1. The molecule has 1 amide bonds. The highest BCUT2D eigenvalue weighted by Crippen LogP contribution is 2.33. The van der Waals surface area contributed by atoms with Crippen molar-refractivity contribution in [1.29, 1.82) is 0 Å². The first-order valence-corrected chi connectivity index (χ1v) is 11.8. The first kappa shape index (κ1) is 22.3. The molecule has 1 aromatic carbocycles. The number of hydrogen-bond acceptors (Lipinski definition) is 6. The summed E-state index contributed by atoms with van der Waals surface area (Å²) in [6.07, 6.45) is 4.34. The smallest absolute Gasteiger partial charge is 0.254 e. The Labute approximate surface area is 204 Å². The predicted molar refractivity (Wildman–Crippen MR) is 130 cm³/mol. The second kappa shape index (κ2) is 9.06. The highest BCUT2D eigenvalue weighted by atomic mass is 79.9. The van der Waals surface area contributed by atoms with E-state index in [9.17, 15) is 9.18 Å². The number of carbonyl (C=O) groups is 1. The van der Waals surface area contributed by atoms with Crippen molar-refractivity contribution >= 4 is 38.6 Å². The van der Waals surface area contributed by atoms with E-state index in [4.69, 9.17) is 5.73 Å². The Balaban J connectivity index is 1.57. The van der Waals surface area contributed by atoms with Crippen molar-refractivity contribution in [2.24, 2.45) is 0 Å². The molecule has 3 aromatic heterocycles. The number of hydrogen-bond donors (Lipinski definition) is 1. The second-order valence-corrected chi connectivity index (χ2v) is 9.18. The van der Waals surface area contributed by atoms with E-state index in [0.29, 0.717) is 21.7 Å². The average Bonchev–Trinajstić information content (AvgIpc) is 3.34. The van der Waals surface area contributed by atoms with Crippen molar-refractivity contribution in [3.8, 4) is 0 Å². The van der Waals surface area contributed by atoms with Gasteiger partial charge in [-0.05, 0) is 95.7 Å². The fourth-order valence-corrected chi connectivity index (χ4v) is 4.75. The molecular weight excluding hydrogens is 499 g/mol. The Morgan fingerprint density at radius 1 is 1.18 bits per heavy atom. The second-order valence-electron chi connectivity index (χ2n) is 8.37. The lowest BCUT2D eigenvalue weighted by atomic mass is 10.0. The van der Waals surface area contributed by atoms with Gasteiger partial charge in [-0.3, -0.25) is 9.78 Å². The molecule has 1 atom stereocenters. The number of nitrogens with two attached hydrogens (primary N) is 1. The zero-order chi connectivity index (χ0) is 23.8. The molecular formula is C25H22BrFN6O. The summed E-state index contributed by atoms with van der Waals surface area (Å²) in [5.74, 6) is -0.160. The first-order valence-electron chi connectivity index (χ1n) is 11.0. The third-order valence-corrected chi connectivity index (χ3v) is 6.69. The van der Waals surface area contributed by atoms with E-state index >= 15 is 0 Å². The van der Waals surface area contributed by atoms with Crippen LogP contribution in [0.3, 0.4) is 0 Å². The number of halogens is 2. The molecule has 0 radical (unpaired) electrons. The summed E-state index contributed by atoms with van der Waals surface area (Å²) in [5.41, 5.74) is 10.4. The van der Waals surface area contributed by atoms with Gasteiger partial charge in [-0.2, -0.15) is 5.10 Å². The molecule has 0 saturated carbocycles. The van der Waals surface area contributed by atoms with Crippen LogP contribution in [0.25, 0.3) is 10.9 Å². The van der Waals surface area contributed by atoms with Crippen LogP contribution in [0.2, 0.25) is 0 Å².